The molecular formula is C50H59BrFN10O6P. The Bertz CT molecular complexity index is 3030. The first kappa shape index (κ1) is 48.3. The van der Waals surface area contributed by atoms with Gasteiger partial charge in [-0.05, 0) is 110 Å². The van der Waals surface area contributed by atoms with Crippen molar-refractivity contribution in [2.24, 2.45) is 0 Å². The van der Waals surface area contributed by atoms with Gasteiger partial charge in [0.25, 0.3) is 0 Å². The molecule has 69 heavy (non-hydrogen) atoms. The molecule has 3 saturated heterocycles. The zero-order valence-corrected chi connectivity index (χ0v) is 42.2. The van der Waals surface area contributed by atoms with Gasteiger partial charge in [0.15, 0.2) is 11.4 Å². The number of rotatable bonds is 15. The van der Waals surface area contributed by atoms with Crippen molar-refractivity contribution in [1.29, 1.82) is 0 Å². The molecule has 16 nitrogen and oxygen atoms in total. The Morgan fingerprint density at radius 1 is 0.913 bits per heavy atom. The Labute approximate surface area is 408 Å². The van der Waals surface area contributed by atoms with E-state index in [1.807, 2.05) is 38.1 Å². The summed E-state index contributed by atoms with van der Waals surface area (Å²) in [4.78, 5) is 58.4. The van der Waals surface area contributed by atoms with Crippen molar-refractivity contribution in [1.82, 2.24) is 34.6 Å². The van der Waals surface area contributed by atoms with E-state index < -0.39 is 30.7 Å². The lowest BCUT2D eigenvalue weighted by Gasteiger charge is -2.43. The highest BCUT2D eigenvalue weighted by molar-refractivity contribution is 9.10. The Kier molecular flexibility index (Phi) is 14.3. The predicted octanol–water partition coefficient (Wildman–Crippen LogP) is 7.90. The maximum Gasteiger partial charge on any atom is 0.420 e. The number of oxazole rings is 1. The molecule has 0 aliphatic carbocycles. The minimum absolute atomic E-state index is 0.184. The highest BCUT2D eigenvalue weighted by atomic mass is 79.9. The van der Waals surface area contributed by atoms with Crippen molar-refractivity contribution in [2.75, 3.05) is 81.3 Å². The van der Waals surface area contributed by atoms with Gasteiger partial charge in [-0.3, -0.25) is 24.4 Å². The molecule has 19 heteroatoms. The van der Waals surface area contributed by atoms with Crippen LogP contribution in [-0.2, 0) is 33.4 Å². The number of halogens is 2. The molecule has 364 valence electrons. The summed E-state index contributed by atoms with van der Waals surface area (Å²) in [7, 11) is -2.93. The lowest BCUT2D eigenvalue weighted by Crippen LogP contribution is -2.53. The normalized spacial score (nSPS) is 17.7. The number of aromatic nitrogens is 4. The molecule has 0 bridgehead atoms. The second kappa shape index (κ2) is 20.3. The van der Waals surface area contributed by atoms with Crippen LogP contribution in [0.5, 0.6) is 5.75 Å². The number of carbonyl (C=O) groups is 2. The van der Waals surface area contributed by atoms with E-state index >= 15 is 4.39 Å². The SMILES string of the molecule is CCOc1cc(N2CCC(N3CCN(CCc4ccc5c(c4)oc(=O)n5C4CCC(=O)NC4=O)CC3)CC2)c(CC)cc1Nc1ncc(Br)c(Nc2cc(F)c3nc(CC)ccc3c2P(C)(C)=O)n1. The summed E-state index contributed by atoms with van der Waals surface area (Å²) in [6.45, 7) is 16.6. The fraction of sp³-hybridized carbons (Fsp3) is 0.440. The summed E-state index contributed by atoms with van der Waals surface area (Å²) in [6.07, 6.45) is 6.47. The third-order valence-corrected chi connectivity index (χ3v) is 15.8. The summed E-state index contributed by atoms with van der Waals surface area (Å²) in [5, 5.41) is 9.99. The predicted molar refractivity (Wildman–Crippen MR) is 272 cm³/mol. The van der Waals surface area contributed by atoms with E-state index in [9.17, 15) is 18.9 Å². The number of hydrogen-bond donors (Lipinski definition) is 3. The number of anilines is 5. The van der Waals surface area contributed by atoms with Gasteiger partial charge in [0.05, 0.1) is 28.0 Å². The second-order valence-corrected chi connectivity index (χ2v) is 22.4. The summed E-state index contributed by atoms with van der Waals surface area (Å²) in [6, 6.07) is 14.7. The van der Waals surface area contributed by atoms with Crippen LogP contribution in [0.25, 0.3) is 22.0 Å². The molecule has 6 heterocycles. The molecule has 9 rings (SSSR count). The van der Waals surface area contributed by atoms with Gasteiger partial charge in [-0.25, -0.2) is 19.2 Å². The number of ether oxygens (including phenoxy) is 1. The summed E-state index contributed by atoms with van der Waals surface area (Å²) in [5.74, 6) is -0.530. The molecule has 3 N–H and O–H groups in total. The minimum Gasteiger partial charge on any atom is -0.492 e. The number of hydrogen-bond acceptors (Lipinski definition) is 14. The number of imide groups is 1. The van der Waals surface area contributed by atoms with Crippen LogP contribution in [-0.4, -0.2) is 113 Å². The first-order valence-corrected chi connectivity index (χ1v) is 27.3. The summed E-state index contributed by atoms with van der Waals surface area (Å²) >= 11 is 3.57. The van der Waals surface area contributed by atoms with E-state index in [1.54, 1.807) is 25.6 Å². The monoisotopic (exact) mass is 1020 g/mol. The Morgan fingerprint density at radius 3 is 2.41 bits per heavy atom. The zero-order chi connectivity index (χ0) is 48.6. The number of carbonyl (C=O) groups excluding carboxylic acids is 2. The average Bonchev–Trinajstić information content (AvgIpc) is 3.66. The Morgan fingerprint density at radius 2 is 1.70 bits per heavy atom. The van der Waals surface area contributed by atoms with Gasteiger partial charge in [-0.2, -0.15) is 4.98 Å². The van der Waals surface area contributed by atoms with Crippen LogP contribution in [0.15, 0.2) is 68.4 Å². The molecule has 3 aliphatic rings. The molecule has 3 fully saturated rings. The van der Waals surface area contributed by atoms with E-state index in [4.69, 9.17) is 14.1 Å². The van der Waals surface area contributed by atoms with Gasteiger partial charge in [-0.1, -0.05) is 26.0 Å². The van der Waals surface area contributed by atoms with Crippen LogP contribution in [0.2, 0.25) is 0 Å². The van der Waals surface area contributed by atoms with Crippen LogP contribution in [0.3, 0.4) is 0 Å². The maximum atomic E-state index is 15.6. The number of fused-ring (bicyclic) bond motifs is 2. The van der Waals surface area contributed by atoms with E-state index in [2.05, 4.69) is 75.6 Å². The van der Waals surface area contributed by atoms with Crippen molar-refractivity contribution in [3.63, 3.8) is 0 Å². The molecule has 6 aromatic rings. The van der Waals surface area contributed by atoms with E-state index in [0.29, 0.717) is 68.5 Å². The molecule has 1 atom stereocenters. The lowest BCUT2D eigenvalue weighted by atomic mass is 9.99. The van der Waals surface area contributed by atoms with Crippen molar-refractivity contribution < 1.29 is 27.7 Å². The van der Waals surface area contributed by atoms with Crippen molar-refractivity contribution in [2.45, 2.75) is 77.8 Å². The molecule has 2 amide bonds. The first-order valence-electron chi connectivity index (χ1n) is 23.9. The molecule has 3 aromatic heterocycles. The second-order valence-electron chi connectivity index (χ2n) is 18.4. The fourth-order valence-electron chi connectivity index (χ4n) is 10.1. The topological polar surface area (TPSA) is 180 Å². The first-order chi connectivity index (χ1) is 33.2. The number of nitrogens with one attached hydrogen (secondary N) is 3. The van der Waals surface area contributed by atoms with Gasteiger partial charge >= 0.3 is 5.76 Å². The highest BCUT2D eigenvalue weighted by Crippen LogP contribution is 2.43. The quantitative estimate of drug-likeness (QED) is 0.0668. The van der Waals surface area contributed by atoms with Crippen molar-refractivity contribution in [3.05, 3.63) is 92.4 Å². The van der Waals surface area contributed by atoms with Gasteiger partial charge in [-0.15, -0.1) is 0 Å². The zero-order valence-electron chi connectivity index (χ0n) is 39.7. The highest BCUT2D eigenvalue weighted by Gasteiger charge is 2.32. The van der Waals surface area contributed by atoms with Gasteiger partial charge in [0.2, 0.25) is 17.8 Å². The van der Waals surface area contributed by atoms with Crippen LogP contribution in [0.4, 0.5) is 33.2 Å². The van der Waals surface area contributed by atoms with Crippen molar-refractivity contribution >= 4 is 91.0 Å². The van der Waals surface area contributed by atoms with Gasteiger partial charge in [0, 0.05) is 98.7 Å². The summed E-state index contributed by atoms with van der Waals surface area (Å²) < 4.78 is 43.1. The van der Waals surface area contributed by atoms with E-state index in [1.165, 1.54) is 16.2 Å². The molecule has 0 saturated carbocycles. The molecule has 0 radical (unpaired) electrons. The van der Waals surface area contributed by atoms with E-state index in [0.717, 1.165) is 94.1 Å². The maximum absolute atomic E-state index is 15.6. The molecule has 3 aromatic carbocycles. The Hall–Kier alpha value is -5.68. The largest absolute Gasteiger partial charge is 0.492 e. The van der Waals surface area contributed by atoms with Crippen LogP contribution >= 0.6 is 23.1 Å². The van der Waals surface area contributed by atoms with Crippen molar-refractivity contribution in [3.8, 4) is 5.75 Å². The average molecular weight is 1030 g/mol. The van der Waals surface area contributed by atoms with E-state index in [-0.39, 0.29) is 24.3 Å². The standard InChI is InChI=1S/C50H59BrFN10O6P/c1-6-31-26-37(56-49-53-29-35(51)47(58-49)55-38-27-36(52)45-34(46(38)69(4,5)66)11-10-32(7-2)54-45)42(67-8-3)28-41(31)61-19-16-33(17-20-61)60-23-21-59(22-24-60)18-15-30-9-12-39-43(25-30)68-50(65)62(39)40-13-14-44(63)57-48(40)64/h9-12,25-29,33,40H,6-8,13-24H2,1-5H3,(H,57,63,64)(H2,53,55,56,58). The van der Waals surface area contributed by atoms with Crippen LogP contribution in [0, 0.1) is 5.82 Å². The number of amides is 2. The third-order valence-electron chi connectivity index (χ3n) is 13.6. The van der Waals surface area contributed by atoms with Gasteiger partial charge in [0.1, 0.15) is 30.3 Å². The Balaban J connectivity index is 0.821. The number of aryl methyl sites for hydroxylation is 2. The van der Waals surface area contributed by atoms with Crippen LogP contribution < -0.4 is 36.6 Å². The smallest absolute Gasteiger partial charge is 0.420 e. The number of piperazine rings is 1. The number of benzene rings is 3. The molecular weight excluding hydrogens is 966 g/mol. The molecule has 3 aliphatic heterocycles. The lowest BCUT2D eigenvalue weighted by molar-refractivity contribution is -0.135. The number of nitrogens with zero attached hydrogens (tertiary/aromatic N) is 7. The van der Waals surface area contributed by atoms with Crippen LogP contribution in [0.1, 0.15) is 69.3 Å². The van der Waals surface area contributed by atoms with Gasteiger partial charge < -0.3 is 34.2 Å². The molecule has 0 spiro atoms. The number of piperidine rings is 2. The number of pyridine rings is 1. The minimum atomic E-state index is -2.93. The summed E-state index contributed by atoms with van der Waals surface area (Å²) in [5.41, 5.74) is 6.46. The fourth-order valence-corrected chi connectivity index (χ4v) is 11.8. The molecule has 1 unspecified atom stereocenters. The third kappa shape index (κ3) is 10.3.